The van der Waals surface area contributed by atoms with E-state index in [2.05, 4.69) is 28.0 Å². The molecule has 1 N–H and O–H groups in total. The molecule has 2 rings (SSSR count). The summed E-state index contributed by atoms with van der Waals surface area (Å²) in [6.45, 7) is 4.91. The Hall–Kier alpha value is -1.21. The van der Waals surface area contributed by atoms with Gasteiger partial charge in [0.05, 0.1) is 15.9 Å². The van der Waals surface area contributed by atoms with Crippen LogP contribution in [0.2, 0.25) is 0 Å². The topological polar surface area (TPSA) is 68.3 Å². The number of hydrogen-bond donors (Lipinski definition) is 1. The highest BCUT2D eigenvalue weighted by molar-refractivity contribution is 9.10. The van der Waals surface area contributed by atoms with Crippen molar-refractivity contribution in [3.8, 4) is 0 Å². The minimum atomic E-state index is -1.05. The van der Waals surface area contributed by atoms with Gasteiger partial charge in [0.25, 0.3) is 0 Å². The highest BCUT2D eigenvalue weighted by Gasteiger charge is 2.15. The lowest BCUT2D eigenvalue weighted by atomic mass is 10.3. The number of carboxylic acids is 1. The van der Waals surface area contributed by atoms with Crippen LogP contribution in [-0.2, 0) is 18.7 Å². The molecule has 0 saturated heterocycles. The van der Waals surface area contributed by atoms with Gasteiger partial charge in [-0.15, -0.1) is 0 Å². The highest BCUT2D eigenvalue weighted by Crippen LogP contribution is 2.30. The van der Waals surface area contributed by atoms with Crippen LogP contribution in [0.1, 0.15) is 35.8 Å². The summed E-state index contributed by atoms with van der Waals surface area (Å²) in [5.74, 6) is -0.414. The Kier molecular flexibility index (Phi) is 4.93. The number of thioether (sulfide) groups is 1. The summed E-state index contributed by atoms with van der Waals surface area (Å²) < 4.78 is 8.21. The number of nitrogens with zero attached hydrogens (tertiary/aromatic N) is 2. The van der Waals surface area contributed by atoms with E-state index in [0.29, 0.717) is 10.8 Å². The van der Waals surface area contributed by atoms with E-state index in [-0.39, 0.29) is 5.76 Å². The van der Waals surface area contributed by atoms with Crippen molar-refractivity contribution >= 4 is 33.7 Å². The first-order valence-corrected chi connectivity index (χ1v) is 8.04. The maximum Gasteiger partial charge on any atom is 0.371 e. The van der Waals surface area contributed by atoms with Crippen molar-refractivity contribution in [2.24, 2.45) is 0 Å². The number of hydrogen-bond acceptors (Lipinski definition) is 4. The third kappa shape index (κ3) is 3.09. The smallest absolute Gasteiger partial charge is 0.371 e. The van der Waals surface area contributed by atoms with Gasteiger partial charge >= 0.3 is 5.97 Å². The zero-order valence-electron chi connectivity index (χ0n) is 11.2. The number of carboxylic acid groups (broad SMARTS) is 1. The lowest BCUT2D eigenvalue weighted by molar-refractivity contribution is 0.0656. The van der Waals surface area contributed by atoms with E-state index in [0.717, 1.165) is 28.8 Å². The Morgan fingerprint density at radius 3 is 2.80 bits per heavy atom. The molecule has 0 amide bonds. The molecule has 0 aliphatic rings. The standard InChI is InChI=1S/C13H15BrN2O3S/c1-3-8-12(14)9(16(4-2)15-8)7-20-11-6-5-10(19-11)13(17)18/h5-6H,3-4,7H2,1-2H3,(H,17,18). The second kappa shape index (κ2) is 6.49. The molecule has 0 unspecified atom stereocenters. The van der Waals surface area contributed by atoms with Crippen molar-refractivity contribution < 1.29 is 14.3 Å². The average Bonchev–Trinajstić information content (AvgIpc) is 3.01. The first kappa shape index (κ1) is 15.2. The van der Waals surface area contributed by atoms with E-state index >= 15 is 0 Å². The van der Waals surface area contributed by atoms with Crippen LogP contribution < -0.4 is 0 Å². The lowest BCUT2D eigenvalue weighted by Gasteiger charge is -2.03. The van der Waals surface area contributed by atoms with Crippen LogP contribution in [0.4, 0.5) is 0 Å². The van der Waals surface area contributed by atoms with Crippen LogP contribution in [0.25, 0.3) is 0 Å². The maximum absolute atomic E-state index is 10.8. The number of rotatable bonds is 6. The van der Waals surface area contributed by atoms with Crippen LogP contribution in [0.3, 0.4) is 0 Å². The fourth-order valence-electron chi connectivity index (χ4n) is 1.81. The van der Waals surface area contributed by atoms with Gasteiger partial charge in [0.1, 0.15) is 0 Å². The lowest BCUT2D eigenvalue weighted by Crippen LogP contribution is -2.01. The molecule has 0 bridgehead atoms. The van der Waals surface area contributed by atoms with E-state index < -0.39 is 5.97 Å². The summed E-state index contributed by atoms with van der Waals surface area (Å²) in [5.41, 5.74) is 2.12. The van der Waals surface area contributed by atoms with E-state index in [9.17, 15) is 4.79 Å². The minimum absolute atomic E-state index is 0.0372. The number of halogens is 1. The van der Waals surface area contributed by atoms with Crippen molar-refractivity contribution in [2.75, 3.05) is 0 Å². The van der Waals surface area contributed by atoms with E-state index in [1.165, 1.54) is 17.8 Å². The predicted molar refractivity (Wildman–Crippen MR) is 80.2 cm³/mol. The first-order chi connectivity index (χ1) is 9.56. The Balaban J connectivity index is 2.13. The third-order valence-electron chi connectivity index (χ3n) is 2.84. The molecule has 2 heterocycles. The molecule has 0 aliphatic carbocycles. The number of furan rings is 1. The fourth-order valence-corrected chi connectivity index (χ4v) is 3.58. The van der Waals surface area contributed by atoms with Crippen LogP contribution in [-0.4, -0.2) is 20.9 Å². The number of aromatic carboxylic acids is 1. The molecular weight excluding hydrogens is 344 g/mol. The minimum Gasteiger partial charge on any atom is -0.475 e. The third-order valence-corrected chi connectivity index (χ3v) is 4.67. The summed E-state index contributed by atoms with van der Waals surface area (Å²) in [6.07, 6.45) is 0.870. The molecule has 0 fully saturated rings. The molecule has 0 radical (unpaired) electrons. The Morgan fingerprint density at radius 1 is 1.50 bits per heavy atom. The molecule has 7 heteroatoms. The Morgan fingerprint density at radius 2 is 2.25 bits per heavy atom. The molecule has 2 aromatic heterocycles. The van der Waals surface area contributed by atoms with Crippen molar-refractivity contribution in [1.82, 2.24) is 9.78 Å². The fraction of sp³-hybridized carbons (Fsp3) is 0.385. The number of carbonyl (C=O) groups is 1. The van der Waals surface area contributed by atoms with Gasteiger partial charge in [-0.3, -0.25) is 4.68 Å². The molecule has 20 heavy (non-hydrogen) atoms. The van der Waals surface area contributed by atoms with Crippen molar-refractivity contribution in [3.05, 3.63) is 33.8 Å². The van der Waals surface area contributed by atoms with Gasteiger partial charge in [-0.2, -0.15) is 5.10 Å². The van der Waals surface area contributed by atoms with E-state index in [4.69, 9.17) is 9.52 Å². The van der Waals surface area contributed by atoms with Gasteiger partial charge in [0, 0.05) is 12.3 Å². The van der Waals surface area contributed by atoms with E-state index in [1.807, 2.05) is 11.6 Å². The molecule has 0 aliphatic heterocycles. The zero-order valence-corrected chi connectivity index (χ0v) is 13.6. The molecule has 0 atom stereocenters. The predicted octanol–water partition coefficient (Wildman–Crippen LogP) is 3.81. The largest absolute Gasteiger partial charge is 0.475 e. The van der Waals surface area contributed by atoms with Gasteiger partial charge in [-0.05, 0) is 41.4 Å². The van der Waals surface area contributed by atoms with Crippen molar-refractivity contribution in [3.63, 3.8) is 0 Å². The van der Waals surface area contributed by atoms with Gasteiger partial charge < -0.3 is 9.52 Å². The average molecular weight is 359 g/mol. The molecular formula is C13H15BrN2O3S. The highest BCUT2D eigenvalue weighted by atomic mass is 79.9. The number of aryl methyl sites for hydroxylation is 2. The summed E-state index contributed by atoms with van der Waals surface area (Å²) in [4.78, 5) is 10.8. The summed E-state index contributed by atoms with van der Waals surface area (Å²) >= 11 is 5.04. The second-order valence-corrected chi connectivity index (χ2v) is 5.86. The Bertz CT molecular complexity index is 621. The summed E-state index contributed by atoms with van der Waals surface area (Å²) in [5, 5.41) is 13.9. The summed E-state index contributed by atoms with van der Waals surface area (Å²) in [6, 6.07) is 3.14. The normalized spacial score (nSPS) is 10.9. The molecule has 108 valence electrons. The van der Waals surface area contributed by atoms with Crippen LogP contribution >= 0.6 is 27.7 Å². The Labute approximate surface area is 129 Å². The zero-order chi connectivity index (χ0) is 14.7. The first-order valence-electron chi connectivity index (χ1n) is 6.26. The van der Waals surface area contributed by atoms with Gasteiger partial charge in [-0.25, -0.2) is 4.79 Å². The second-order valence-electron chi connectivity index (χ2n) is 4.09. The number of aromatic nitrogens is 2. The van der Waals surface area contributed by atoms with Crippen molar-refractivity contribution in [1.29, 1.82) is 0 Å². The molecule has 2 aromatic rings. The van der Waals surface area contributed by atoms with Crippen LogP contribution in [0.5, 0.6) is 0 Å². The maximum atomic E-state index is 10.8. The van der Waals surface area contributed by atoms with Crippen LogP contribution in [0, 0.1) is 0 Å². The molecule has 5 nitrogen and oxygen atoms in total. The van der Waals surface area contributed by atoms with Gasteiger partial charge in [-0.1, -0.05) is 18.7 Å². The van der Waals surface area contributed by atoms with Gasteiger partial charge in [0.2, 0.25) is 5.76 Å². The monoisotopic (exact) mass is 358 g/mol. The quantitative estimate of drug-likeness (QED) is 0.795. The SMILES string of the molecule is CCc1nn(CC)c(CSc2ccc(C(=O)O)o2)c1Br. The molecule has 0 saturated carbocycles. The van der Waals surface area contributed by atoms with Crippen molar-refractivity contribution in [2.45, 2.75) is 37.7 Å². The van der Waals surface area contributed by atoms with E-state index in [1.54, 1.807) is 6.07 Å². The van der Waals surface area contributed by atoms with Crippen LogP contribution in [0.15, 0.2) is 26.1 Å². The van der Waals surface area contributed by atoms with Gasteiger partial charge in [0.15, 0.2) is 5.09 Å². The molecule has 0 spiro atoms. The summed E-state index contributed by atoms with van der Waals surface area (Å²) in [7, 11) is 0. The molecule has 0 aromatic carbocycles.